The van der Waals surface area contributed by atoms with Crippen LogP contribution >= 0.6 is 0 Å². The Morgan fingerprint density at radius 2 is 1.70 bits per heavy atom. The molecule has 0 radical (unpaired) electrons. The fourth-order valence-electron chi connectivity index (χ4n) is 1.37. The van der Waals surface area contributed by atoms with Crippen molar-refractivity contribution in [2.75, 3.05) is 0 Å². The van der Waals surface area contributed by atoms with E-state index in [1.54, 1.807) is 29.4 Å². The minimum absolute atomic E-state index is 0.0329. The number of carbonyl (C=O) groups is 2. The van der Waals surface area contributed by atoms with Gasteiger partial charge in [0.15, 0.2) is 12.4 Å². The minimum Gasteiger partial charge on any atom is -0.542 e. The molecule has 2 aromatic heterocycles. The average Bonchev–Trinajstić information content (AvgIpc) is 2.48. The molecule has 0 unspecified atom stereocenters. The maximum atomic E-state index is 10.5. The van der Waals surface area contributed by atoms with Gasteiger partial charge in [-0.2, -0.15) is 27.9 Å². The van der Waals surface area contributed by atoms with Crippen molar-refractivity contribution in [1.29, 1.82) is 0 Å². The molecule has 122 valence electrons. The van der Waals surface area contributed by atoms with Crippen molar-refractivity contribution in [3.05, 3.63) is 43.0 Å². The highest BCUT2D eigenvalue weighted by molar-refractivity contribution is 5.70. The predicted octanol–water partition coefficient (Wildman–Crippen LogP) is -0.186. The zero-order chi connectivity index (χ0) is 17.5. The first-order valence-electron chi connectivity index (χ1n) is 5.96. The fourth-order valence-corrected chi connectivity index (χ4v) is 1.37. The molecular formula is C13H10F3N3O4. The number of aromatic nitrogens is 3. The van der Waals surface area contributed by atoms with Crippen LogP contribution in [0.25, 0.3) is 11.1 Å². The van der Waals surface area contributed by atoms with E-state index >= 15 is 0 Å². The quantitative estimate of drug-likeness (QED) is 0.783. The van der Waals surface area contributed by atoms with Crippen LogP contribution in [0.4, 0.5) is 13.2 Å². The Kier molecular flexibility index (Phi) is 6.13. The molecule has 2 rings (SSSR count). The van der Waals surface area contributed by atoms with E-state index in [1.165, 1.54) is 0 Å². The third-order valence-electron chi connectivity index (χ3n) is 2.36. The van der Waals surface area contributed by atoms with Gasteiger partial charge in [0.1, 0.15) is 5.97 Å². The number of hydrogen-bond acceptors (Lipinski definition) is 5. The Bertz CT molecular complexity index is 660. The van der Waals surface area contributed by atoms with E-state index in [4.69, 9.17) is 15.0 Å². The smallest absolute Gasteiger partial charge is 0.430 e. The number of carboxylic acids is 2. The molecule has 10 heteroatoms. The lowest BCUT2D eigenvalue weighted by Gasteiger charge is -2.03. The van der Waals surface area contributed by atoms with Crippen molar-refractivity contribution < 1.29 is 37.5 Å². The first-order chi connectivity index (χ1) is 10.7. The third kappa shape index (κ3) is 6.50. The highest BCUT2D eigenvalue weighted by Crippen LogP contribution is 2.14. The summed E-state index contributed by atoms with van der Waals surface area (Å²) in [7, 11) is 0. The Labute approximate surface area is 127 Å². The number of carboxylic acid groups (broad SMARTS) is 2. The summed E-state index contributed by atoms with van der Waals surface area (Å²) in [6, 6.07) is 5.55. The molecule has 7 nitrogen and oxygen atoms in total. The molecular weight excluding hydrogens is 319 g/mol. The monoisotopic (exact) mass is 329 g/mol. The zero-order valence-corrected chi connectivity index (χ0v) is 11.4. The van der Waals surface area contributed by atoms with E-state index in [2.05, 4.69) is 10.2 Å². The van der Waals surface area contributed by atoms with E-state index < -0.39 is 18.1 Å². The maximum absolute atomic E-state index is 10.5. The molecule has 0 saturated carbocycles. The van der Waals surface area contributed by atoms with E-state index in [-0.39, 0.29) is 6.54 Å². The van der Waals surface area contributed by atoms with Gasteiger partial charge in [0.25, 0.3) is 0 Å². The van der Waals surface area contributed by atoms with Crippen molar-refractivity contribution in [3.8, 4) is 11.1 Å². The van der Waals surface area contributed by atoms with Gasteiger partial charge in [-0.1, -0.05) is 0 Å². The highest BCUT2D eigenvalue weighted by atomic mass is 19.4. The van der Waals surface area contributed by atoms with Gasteiger partial charge in [-0.15, -0.1) is 0 Å². The molecule has 23 heavy (non-hydrogen) atoms. The molecule has 0 bridgehead atoms. The maximum Gasteiger partial charge on any atom is 0.430 e. The largest absolute Gasteiger partial charge is 0.542 e. The molecule has 0 aromatic carbocycles. The molecule has 0 fully saturated rings. The van der Waals surface area contributed by atoms with E-state index in [0.717, 1.165) is 11.1 Å². The summed E-state index contributed by atoms with van der Waals surface area (Å²) in [4.78, 5) is 19.3. The van der Waals surface area contributed by atoms with Crippen LogP contribution in [0.15, 0.2) is 43.0 Å². The van der Waals surface area contributed by atoms with Crippen LogP contribution in [-0.4, -0.2) is 33.4 Å². The number of carbonyl (C=O) groups excluding carboxylic acids is 1. The van der Waals surface area contributed by atoms with Gasteiger partial charge < -0.3 is 15.0 Å². The molecule has 0 atom stereocenters. The summed E-state index contributed by atoms with van der Waals surface area (Å²) < 4.78 is 33.1. The molecule has 1 N–H and O–H groups in total. The van der Waals surface area contributed by atoms with Crippen molar-refractivity contribution in [1.82, 2.24) is 10.2 Å². The molecule has 0 amide bonds. The zero-order valence-electron chi connectivity index (χ0n) is 11.4. The lowest BCUT2D eigenvalue weighted by Crippen LogP contribution is -2.37. The van der Waals surface area contributed by atoms with Gasteiger partial charge in [-0.25, -0.2) is 4.79 Å². The van der Waals surface area contributed by atoms with Crippen LogP contribution < -0.4 is 9.67 Å². The highest BCUT2D eigenvalue weighted by Gasteiger charge is 2.28. The van der Waals surface area contributed by atoms with Crippen LogP contribution in [-0.2, 0) is 16.1 Å². The molecule has 0 aliphatic rings. The van der Waals surface area contributed by atoms with Crippen molar-refractivity contribution in [2.24, 2.45) is 0 Å². The second kappa shape index (κ2) is 7.82. The topological polar surface area (TPSA) is 107 Å². The number of pyridine rings is 1. The number of halogens is 3. The number of nitrogens with zero attached hydrogens (tertiary/aromatic N) is 3. The van der Waals surface area contributed by atoms with Crippen molar-refractivity contribution in [3.63, 3.8) is 0 Å². The average molecular weight is 329 g/mol. The van der Waals surface area contributed by atoms with Crippen molar-refractivity contribution >= 4 is 11.9 Å². The minimum atomic E-state index is -5.19. The molecule has 2 heterocycles. The summed E-state index contributed by atoms with van der Waals surface area (Å²) in [5.74, 6) is -3.86. The van der Waals surface area contributed by atoms with Crippen molar-refractivity contribution in [2.45, 2.75) is 12.7 Å². The normalized spacial score (nSPS) is 10.4. The summed E-state index contributed by atoms with van der Waals surface area (Å²) in [5.41, 5.74) is 1.94. The molecule has 0 spiro atoms. The van der Waals surface area contributed by atoms with Crippen LogP contribution in [0.2, 0.25) is 0 Å². The van der Waals surface area contributed by atoms with Gasteiger partial charge in [-0.05, 0) is 11.6 Å². The first kappa shape index (κ1) is 18.0. The summed E-state index contributed by atoms with van der Waals surface area (Å²) >= 11 is 0. The van der Waals surface area contributed by atoms with Gasteiger partial charge in [0.05, 0.1) is 12.4 Å². The lowest BCUT2D eigenvalue weighted by atomic mass is 10.1. The van der Waals surface area contributed by atoms with E-state index in [0.29, 0.717) is 0 Å². The Hall–Kier alpha value is -3.04. The molecule has 0 aliphatic heterocycles. The number of hydrogen-bond donors (Lipinski definition) is 1. The predicted molar refractivity (Wildman–Crippen MR) is 66.4 cm³/mol. The number of rotatable bonds is 3. The summed E-state index contributed by atoms with van der Waals surface area (Å²) in [5, 5.41) is 24.9. The number of aliphatic carboxylic acids is 2. The van der Waals surface area contributed by atoms with Gasteiger partial charge in [0, 0.05) is 17.7 Å². The van der Waals surface area contributed by atoms with Gasteiger partial charge >= 0.3 is 12.1 Å². The number of alkyl halides is 3. The third-order valence-corrected chi connectivity index (χ3v) is 2.36. The van der Waals surface area contributed by atoms with Crippen LogP contribution in [0.3, 0.4) is 0 Å². The fraction of sp³-hybridized carbons (Fsp3) is 0.154. The molecule has 0 saturated heterocycles. The van der Waals surface area contributed by atoms with Crippen LogP contribution in [0.5, 0.6) is 0 Å². The second-order valence-electron chi connectivity index (χ2n) is 4.07. The van der Waals surface area contributed by atoms with E-state index in [1.807, 2.05) is 18.2 Å². The van der Waals surface area contributed by atoms with Crippen LogP contribution in [0, 0.1) is 0 Å². The summed E-state index contributed by atoms with van der Waals surface area (Å²) in [6.07, 6.45) is 1.54. The van der Waals surface area contributed by atoms with Gasteiger partial charge in [0.2, 0.25) is 6.54 Å². The standard InChI is InChI=1S/C11H9N3O2.C2HF3O2/c15-11(16)8-14-5-2-9(3-6-14)10-1-4-12-13-7-10;3-2(4,5)1(6)7/h1-7H,8H2;(H,6,7). The first-order valence-corrected chi connectivity index (χ1v) is 5.96. The van der Waals surface area contributed by atoms with E-state index in [9.17, 15) is 18.0 Å². The SMILES string of the molecule is O=C(O)C[n+]1ccc(-c2ccnnc2)cc1.O=C([O-])C(F)(F)F. The Morgan fingerprint density at radius 3 is 2.09 bits per heavy atom. The van der Waals surface area contributed by atoms with Gasteiger partial charge in [-0.3, -0.25) is 0 Å². The Balaban J connectivity index is 0.000000322. The molecule has 2 aromatic rings. The Morgan fingerprint density at radius 1 is 1.13 bits per heavy atom. The second-order valence-corrected chi connectivity index (χ2v) is 4.07. The molecule has 0 aliphatic carbocycles. The summed E-state index contributed by atoms with van der Waals surface area (Å²) in [6.45, 7) is -0.0329. The lowest BCUT2D eigenvalue weighted by molar-refractivity contribution is -0.685. The van der Waals surface area contributed by atoms with Crippen LogP contribution in [0.1, 0.15) is 0 Å².